The van der Waals surface area contributed by atoms with Crippen LogP contribution >= 0.6 is 0 Å². The minimum Gasteiger partial charge on any atom is -0.491 e. The second kappa shape index (κ2) is 12.9. The first-order valence-electron chi connectivity index (χ1n) is 12.1. The summed E-state index contributed by atoms with van der Waals surface area (Å²) in [6.07, 6.45) is -4.32. The van der Waals surface area contributed by atoms with E-state index in [0.29, 0.717) is 36.4 Å². The largest absolute Gasteiger partial charge is 0.491 e. The van der Waals surface area contributed by atoms with Gasteiger partial charge in [0.15, 0.2) is 0 Å². The predicted octanol–water partition coefficient (Wildman–Crippen LogP) is 1.46. The molecule has 2 heterocycles. The Hall–Kier alpha value is -3.68. The van der Waals surface area contributed by atoms with Gasteiger partial charge in [0.25, 0.3) is 11.8 Å². The molecule has 1 saturated heterocycles. The van der Waals surface area contributed by atoms with Gasteiger partial charge in [-0.25, -0.2) is 4.79 Å². The van der Waals surface area contributed by atoms with Gasteiger partial charge in [0, 0.05) is 37.8 Å². The number of amides is 2. The number of carboxylic acids is 1. The number of aliphatic hydroxyl groups excluding tert-OH is 1. The van der Waals surface area contributed by atoms with Crippen LogP contribution in [0.2, 0.25) is 0 Å². The van der Waals surface area contributed by atoms with Crippen LogP contribution in [0.1, 0.15) is 38.3 Å². The minimum atomic E-state index is -5.08. The van der Waals surface area contributed by atoms with Crippen LogP contribution in [0, 0.1) is 0 Å². The lowest BCUT2D eigenvalue weighted by Gasteiger charge is -2.26. The standard InChI is InChI=1S/C24H29N3O5.C2HF3O2/c1-25-23(30)19-11-16(22(29)27-8-7-18-13-26-9-10-31-18)12-20-21(19)32-15-24(20,14-28)17-5-3-2-4-6-17;3-2(4,5)1(6)7/h2-6,11-12,18,26,28H,7-10,13-15H2,1H3,(H,25,30)(H,27,29);(H,6,7)/t18-,24?;/m1./s1. The first-order chi connectivity index (χ1) is 18.5. The minimum absolute atomic E-state index is 0.0685. The van der Waals surface area contributed by atoms with E-state index in [1.165, 1.54) is 7.05 Å². The Morgan fingerprint density at radius 2 is 1.85 bits per heavy atom. The average molecular weight is 554 g/mol. The summed E-state index contributed by atoms with van der Waals surface area (Å²) in [6.45, 7) is 2.71. The number of aliphatic hydroxyl groups is 1. The monoisotopic (exact) mass is 553 g/mol. The van der Waals surface area contributed by atoms with Crippen molar-refractivity contribution in [2.24, 2.45) is 0 Å². The molecule has 2 aromatic rings. The first-order valence-corrected chi connectivity index (χ1v) is 12.1. The number of carbonyl (C=O) groups is 3. The van der Waals surface area contributed by atoms with Gasteiger partial charge in [-0.1, -0.05) is 30.3 Å². The molecule has 2 aliphatic rings. The Labute approximate surface area is 222 Å². The molecule has 2 atom stereocenters. The molecule has 0 saturated carbocycles. The third-order valence-electron chi connectivity index (χ3n) is 6.40. The van der Waals surface area contributed by atoms with Gasteiger partial charge in [-0.2, -0.15) is 13.2 Å². The van der Waals surface area contributed by atoms with E-state index in [0.717, 1.165) is 18.7 Å². The van der Waals surface area contributed by atoms with Crippen LogP contribution in [0.15, 0.2) is 42.5 Å². The predicted molar refractivity (Wildman–Crippen MR) is 133 cm³/mol. The van der Waals surface area contributed by atoms with Crippen molar-refractivity contribution in [1.29, 1.82) is 0 Å². The van der Waals surface area contributed by atoms with Gasteiger partial charge < -0.3 is 35.6 Å². The molecule has 1 unspecified atom stereocenters. The number of hydrogen-bond acceptors (Lipinski definition) is 7. The Kier molecular flexibility index (Phi) is 9.89. The van der Waals surface area contributed by atoms with E-state index in [-0.39, 0.29) is 36.7 Å². The van der Waals surface area contributed by atoms with Crippen molar-refractivity contribution in [3.05, 3.63) is 64.7 Å². The number of halogens is 3. The number of ether oxygens (including phenoxy) is 2. The van der Waals surface area contributed by atoms with Crippen molar-refractivity contribution in [2.75, 3.05) is 46.5 Å². The van der Waals surface area contributed by atoms with E-state index in [4.69, 9.17) is 19.4 Å². The summed E-state index contributed by atoms with van der Waals surface area (Å²) in [4.78, 5) is 34.5. The molecule has 2 amide bonds. The Morgan fingerprint density at radius 3 is 2.41 bits per heavy atom. The number of aliphatic carboxylic acids is 1. The molecular weight excluding hydrogens is 523 g/mol. The summed E-state index contributed by atoms with van der Waals surface area (Å²) < 4.78 is 43.3. The van der Waals surface area contributed by atoms with Crippen molar-refractivity contribution >= 4 is 17.8 Å². The molecule has 2 aromatic carbocycles. The highest BCUT2D eigenvalue weighted by molar-refractivity contribution is 6.02. The van der Waals surface area contributed by atoms with Crippen LogP contribution in [-0.2, 0) is 14.9 Å². The number of rotatable bonds is 7. The normalized spacial score (nSPS) is 20.1. The van der Waals surface area contributed by atoms with Gasteiger partial charge in [0.05, 0.1) is 30.3 Å². The highest BCUT2D eigenvalue weighted by Gasteiger charge is 2.44. The highest BCUT2D eigenvalue weighted by atomic mass is 19.4. The zero-order valence-electron chi connectivity index (χ0n) is 21.1. The van der Waals surface area contributed by atoms with E-state index in [1.54, 1.807) is 12.1 Å². The Balaban J connectivity index is 0.000000532. The van der Waals surface area contributed by atoms with Crippen LogP contribution < -0.4 is 20.7 Å². The number of carboxylic acid groups (broad SMARTS) is 1. The zero-order chi connectivity index (χ0) is 28.6. The Bertz CT molecular complexity index is 1170. The molecule has 0 aliphatic carbocycles. The fourth-order valence-corrected chi connectivity index (χ4v) is 4.32. The van der Waals surface area contributed by atoms with Crippen molar-refractivity contribution in [1.82, 2.24) is 16.0 Å². The second-order valence-corrected chi connectivity index (χ2v) is 8.92. The summed E-state index contributed by atoms with van der Waals surface area (Å²) >= 11 is 0. The van der Waals surface area contributed by atoms with Crippen molar-refractivity contribution in [2.45, 2.75) is 24.1 Å². The Morgan fingerprint density at radius 1 is 1.15 bits per heavy atom. The lowest BCUT2D eigenvalue weighted by molar-refractivity contribution is -0.192. The zero-order valence-corrected chi connectivity index (χ0v) is 21.1. The van der Waals surface area contributed by atoms with Gasteiger partial charge in [-0.15, -0.1) is 0 Å². The molecule has 212 valence electrons. The van der Waals surface area contributed by atoms with Crippen LogP contribution in [0.4, 0.5) is 13.2 Å². The molecule has 0 aromatic heterocycles. The van der Waals surface area contributed by atoms with Crippen LogP contribution in [-0.4, -0.2) is 86.8 Å². The fraction of sp³-hybridized carbons (Fsp3) is 0.423. The third kappa shape index (κ3) is 7.05. The molecule has 2 aliphatic heterocycles. The van der Waals surface area contributed by atoms with E-state index in [9.17, 15) is 27.9 Å². The maximum absolute atomic E-state index is 13.0. The van der Waals surface area contributed by atoms with Gasteiger partial charge >= 0.3 is 12.1 Å². The van der Waals surface area contributed by atoms with Crippen molar-refractivity contribution in [3.63, 3.8) is 0 Å². The van der Waals surface area contributed by atoms with Crippen LogP contribution in [0.5, 0.6) is 5.75 Å². The summed E-state index contributed by atoms with van der Waals surface area (Å²) in [5.41, 5.74) is 1.28. The van der Waals surface area contributed by atoms with Crippen LogP contribution in [0.25, 0.3) is 0 Å². The molecule has 0 spiro atoms. The topological polar surface area (TPSA) is 146 Å². The van der Waals surface area contributed by atoms with E-state index >= 15 is 0 Å². The smallest absolute Gasteiger partial charge is 0.490 e. The average Bonchev–Trinajstić information content (AvgIpc) is 3.32. The lowest BCUT2D eigenvalue weighted by Crippen LogP contribution is -2.40. The quantitative estimate of drug-likeness (QED) is 0.347. The molecule has 0 radical (unpaired) electrons. The van der Waals surface area contributed by atoms with E-state index in [2.05, 4.69) is 16.0 Å². The first kappa shape index (κ1) is 29.9. The lowest BCUT2D eigenvalue weighted by atomic mass is 9.76. The maximum Gasteiger partial charge on any atom is 0.490 e. The third-order valence-corrected chi connectivity index (χ3v) is 6.40. The van der Waals surface area contributed by atoms with Gasteiger partial charge in [-0.3, -0.25) is 9.59 Å². The molecule has 5 N–H and O–H groups in total. The summed E-state index contributed by atoms with van der Waals surface area (Å²) in [7, 11) is 1.53. The van der Waals surface area contributed by atoms with Gasteiger partial charge in [-0.05, 0) is 24.1 Å². The number of hydrogen-bond donors (Lipinski definition) is 5. The number of carbonyl (C=O) groups excluding carboxylic acids is 2. The molecule has 4 rings (SSSR count). The van der Waals surface area contributed by atoms with Crippen molar-refractivity contribution in [3.8, 4) is 5.75 Å². The SMILES string of the molecule is CNC(=O)c1cc(C(=O)NCC[C@@H]2CNCCO2)cc2c1OCC2(CO)c1ccccc1.O=C(O)C(F)(F)F. The molecule has 1 fully saturated rings. The number of morpholine rings is 1. The molecule has 39 heavy (non-hydrogen) atoms. The number of nitrogens with one attached hydrogen (secondary N) is 3. The fourth-order valence-electron chi connectivity index (χ4n) is 4.32. The second-order valence-electron chi connectivity index (χ2n) is 8.92. The van der Waals surface area contributed by atoms with E-state index in [1.807, 2.05) is 30.3 Å². The molecule has 0 bridgehead atoms. The number of alkyl halides is 3. The highest BCUT2D eigenvalue weighted by Crippen LogP contribution is 2.45. The van der Waals surface area contributed by atoms with Gasteiger partial charge in [0.1, 0.15) is 12.4 Å². The van der Waals surface area contributed by atoms with Crippen LogP contribution in [0.3, 0.4) is 0 Å². The molecule has 10 nitrogen and oxygen atoms in total. The van der Waals surface area contributed by atoms with Gasteiger partial charge in [0.2, 0.25) is 0 Å². The molecular formula is C26H30F3N3O7. The van der Waals surface area contributed by atoms with Crippen molar-refractivity contribution < 1.29 is 47.2 Å². The molecule has 13 heteroatoms. The number of fused-ring (bicyclic) bond motifs is 1. The van der Waals surface area contributed by atoms with E-state index < -0.39 is 17.6 Å². The maximum atomic E-state index is 13.0. The summed E-state index contributed by atoms with van der Waals surface area (Å²) in [5, 5.41) is 26.4. The summed E-state index contributed by atoms with van der Waals surface area (Å²) in [5.74, 6) is -2.99. The summed E-state index contributed by atoms with van der Waals surface area (Å²) in [6, 6.07) is 12.8. The number of benzene rings is 2.